The van der Waals surface area contributed by atoms with E-state index in [1.54, 1.807) is 0 Å². The van der Waals surface area contributed by atoms with Crippen LogP contribution in [0.2, 0.25) is 0 Å². The number of allylic oxidation sites excluding steroid dienone is 4. The maximum atomic E-state index is 6.80. The van der Waals surface area contributed by atoms with E-state index >= 15 is 0 Å². The summed E-state index contributed by atoms with van der Waals surface area (Å²) in [7, 11) is 0. The van der Waals surface area contributed by atoms with Crippen molar-refractivity contribution in [1.82, 2.24) is 10.3 Å². The topological polar surface area (TPSA) is 49.4 Å². The summed E-state index contributed by atoms with van der Waals surface area (Å²) in [6.45, 7) is 4.23. The highest BCUT2D eigenvalue weighted by atomic mass is 16.5. The van der Waals surface area contributed by atoms with E-state index in [1.807, 2.05) is 24.5 Å². The number of nitrogens with zero attached hydrogens (tertiary/aromatic N) is 2. The van der Waals surface area contributed by atoms with Gasteiger partial charge in [0.15, 0.2) is 0 Å². The Bertz CT molecular complexity index is 1140. The second-order valence-electron chi connectivity index (χ2n) is 10.2. The molecule has 1 atom stereocenters. The molecule has 34 heavy (non-hydrogen) atoms. The van der Waals surface area contributed by atoms with Crippen LogP contribution in [0.3, 0.4) is 0 Å². The monoisotopic (exact) mass is 454 g/mol. The molecule has 0 saturated heterocycles. The van der Waals surface area contributed by atoms with Crippen LogP contribution in [0.4, 0.5) is 17.1 Å². The Morgan fingerprint density at radius 2 is 1.97 bits per heavy atom. The number of ether oxygens (including phenoxy) is 1. The van der Waals surface area contributed by atoms with Crippen molar-refractivity contribution < 1.29 is 4.74 Å². The maximum absolute atomic E-state index is 6.80. The minimum absolute atomic E-state index is 0.0575. The van der Waals surface area contributed by atoms with E-state index in [0.29, 0.717) is 5.92 Å². The molecule has 2 aromatic rings. The van der Waals surface area contributed by atoms with Crippen LogP contribution in [-0.4, -0.2) is 23.7 Å². The third-order valence-electron chi connectivity index (χ3n) is 7.88. The summed E-state index contributed by atoms with van der Waals surface area (Å²) >= 11 is 0. The normalized spacial score (nSPS) is 22.6. The summed E-state index contributed by atoms with van der Waals surface area (Å²) < 4.78 is 6.80. The van der Waals surface area contributed by atoms with Crippen LogP contribution in [0.25, 0.3) is 0 Å². The molecule has 176 valence electrons. The van der Waals surface area contributed by atoms with E-state index in [9.17, 15) is 0 Å². The third-order valence-corrected chi connectivity index (χ3v) is 7.88. The summed E-state index contributed by atoms with van der Waals surface area (Å²) in [5.74, 6) is 1.55. The number of anilines is 3. The Labute approximate surface area is 202 Å². The van der Waals surface area contributed by atoms with Gasteiger partial charge in [0.2, 0.25) is 0 Å². The van der Waals surface area contributed by atoms with E-state index < -0.39 is 0 Å². The summed E-state index contributed by atoms with van der Waals surface area (Å²) in [4.78, 5) is 6.71. The molecule has 1 fully saturated rings. The Balaban J connectivity index is 1.24. The molecule has 0 amide bonds. The zero-order valence-electron chi connectivity index (χ0n) is 20.0. The molecule has 4 aliphatic rings. The van der Waals surface area contributed by atoms with Crippen LogP contribution in [0.1, 0.15) is 51.9 Å². The zero-order chi connectivity index (χ0) is 23.0. The number of benzene rings is 1. The maximum Gasteiger partial charge on any atom is 0.145 e. The summed E-state index contributed by atoms with van der Waals surface area (Å²) in [5, 5.41) is 7.07. The number of rotatable bonds is 5. The van der Waals surface area contributed by atoms with Gasteiger partial charge in [-0.2, -0.15) is 0 Å². The van der Waals surface area contributed by atoms with Gasteiger partial charge in [-0.3, -0.25) is 4.98 Å². The fraction of sp³-hybridized carbons (Fsp3) is 0.414. The molecule has 0 bridgehead atoms. The van der Waals surface area contributed by atoms with Gasteiger partial charge in [-0.05, 0) is 80.9 Å². The van der Waals surface area contributed by atoms with Gasteiger partial charge in [-0.1, -0.05) is 18.6 Å². The number of aromatic nitrogens is 1. The van der Waals surface area contributed by atoms with Crippen LogP contribution in [-0.2, 0) is 0 Å². The van der Waals surface area contributed by atoms with E-state index in [4.69, 9.17) is 4.74 Å². The van der Waals surface area contributed by atoms with Crippen LogP contribution in [0.15, 0.2) is 77.9 Å². The first-order chi connectivity index (χ1) is 16.7. The predicted molar refractivity (Wildman–Crippen MR) is 138 cm³/mol. The van der Waals surface area contributed by atoms with Crippen molar-refractivity contribution in [2.75, 3.05) is 23.3 Å². The summed E-state index contributed by atoms with van der Waals surface area (Å²) in [6.07, 6.45) is 18.8. The fourth-order valence-corrected chi connectivity index (χ4v) is 6.09. The van der Waals surface area contributed by atoms with Gasteiger partial charge >= 0.3 is 0 Å². The lowest BCUT2D eigenvalue weighted by Crippen LogP contribution is -2.52. The zero-order valence-corrected chi connectivity index (χ0v) is 20.0. The number of nitrogens with one attached hydrogen (secondary N) is 2. The quantitative estimate of drug-likeness (QED) is 0.543. The lowest BCUT2D eigenvalue weighted by atomic mass is 9.82. The van der Waals surface area contributed by atoms with E-state index in [-0.39, 0.29) is 5.60 Å². The van der Waals surface area contributed by atoms with Gasteiger partial charge in [0.05, 0.1) is 12.2 Å². The summed E-state index contributed by atoms with van der Waals surface area (Å²) in [6, 6.07) is 10.6. The lowest BCUT2D eigenvalue weighted by molar-refractivity contribution is 0.0286. The minimum atomic E-state index is -0.0575. The summed E-state index contributed by atoms with van der Waals surface area (Å²) in [5.41, 5.74) is 7.55. The van der Waals surface area contributed by atoms with Gasteiger partial charge < -0.3 is 20.3 Å². The van der Waals surface area contributed by atoms with Crippen molar-refractivity contribution in [1.29, 1.82) is 0 Å². The van der Waals surface area contributed by atoms with Gasteiger partial charge in [-0.25, -0.2) is 0 Å². The molecule has 1 saturated carbocycles. The van der Waals surface area contributed by atoms with Crippen molar-refractivity contribution in [3.8, 4) is 5.75 Å². The molecule has 2 aliphatic heterocycles. The van der Waals surface area contributed by atoms with Gasteiger partial charge in [-0.15, -0.1) is 0 Å². The smallest absolute Gasteiger partial charge is 0.145 e. The van der Waals surface area contributed by atoms with Crippen LogP contribution in [0, 0.1) is 5.92 Å². The average Bonchev–Trinajstić information content (AvgIpc) is 3.28. The lowest BCUT2D eigenvalue weighted by Gasteiger charge is -2.47. The number of fused-ring (bicyclic) bond motifs is 2. The first kappa shape index (κ1) is 21.3. The molecule has 2 N–H and O–H groups in total. The first-order valence-electron chi connectivity index (χ1n) is 12.8. The molecule has 0 radical (unpaired) electrons. The van der Waals surface area contributed by atoms with Crippen LogP contribution in [0.5, 0.6) is 5.75 Å². The Kier molecular flexibility index (Phi) is 5.56. The molecule has 3 heterocycles. The van der Waals surface area contributed by atoms with Gasteiger partial charge in [0, 0.05) is 54.2 Å². The Morgan fingerprint density at radius 3 is 2.82 bits per heavy atom. The fourth-order valence-electron chi connectivity index (χ4n) is 6.09. The van der Waals surface area contributed by atoms with Gasteiger partial charge in [0.1, 0.15) is 11.4 Å². The molecule has 5 nitrogen and oxygen atoms in total. The second-order valence-corrected chi connectivity index (χ2v) is 10.2. The standard InChI is InChI=1S/C29H34N4O/c1-21-6-5-7-25-22(19-31-28(21)25)12-17-33-20-29(13-3-2-4-14-29)34-27-18-24(8-9-26(27)33)32-23-10-15-30-16-11-23/h5-6,8-11,15-16,18-19,25,31H,2-4,7,12-14,17,20H2,1H3,(H,30,32). The van der Waals surface area contributed by atoms with E-state index in [0.717, 1.165) is 55.9 Å². The minimum Gasteiger partial charge on any atom is -0.483 e. The number of hydrogen-bond donors (Lipinski definition) is 2. The van der Waals surface area contributed by atoms with E-state index in [1.165, 1.54) is 41.8 Å². The Hall–Kier alpha value is -3.21. The molecule has 6 rings (SSSR count). The molecule has 2 aliphatic carbocycles. The third kappa shape index (κ3) is 4.08. The number of pyridine rings is 1. The van der Waals surface area contributed by atoms with Crippen molar-refractivity contribution in [2.45, 2.75) is 57.5 Å². The van der Waals surface area contributed by atoms with Crippen molar-refractivity contribution in [3.05, 3.63) is 77.9 Å². The van der Waals surface area contributed by atoms with Crippen molar-refractivity contribution in [2.24, 2.45) is 5.92 Å². The average molecular weight is 455 g/mol. The second kappa shape index (κ2) is 8.86. The highest BCUT2D eigenvalue weighted by molar-refractivity contribution is 5.70. The Morgan fingerprint density at radius 1 is 1.12 bits per heavy atom. The molecular weight excluding hydrogens is 420 g/mol. The van der Waals surface area contributed by atoms with Crippen LogP contribution >= 0.6 is 0 Å². The molecular formula is C29H34N4O. The molecule has 1 aromatic carbocycles. The molecule has 5 heteroatoms. The largest absolute Gasteiger partial charge is 0.483 e. The number of hydrogen-bond acceptors (Lipinski definition) is 5. The predicted octanol–water partition coefficient (Wildman–Crippen LogP) is 6.45. The SMILES string of the molecule is CC1=C2NC=C(CCN3CC4(CCCCC4)Oc4cc(Nc5ccncc5)ccc43)C2CC=C1. The molecule has 1 spiro atoms. The van der Waals surface area contributed by atoms with E-state index in [2.05, 4.69) is 64.0 Å². The van der Waals surface area contributed by atoms with Crippen LogP contribution < -0.4 is 20.3 Å². The van der Waals surface area contributed by atoms with Gasteiger partial charge in [0.25, 0.3) is 0 Å². The molecule has 1 aromatic heterocycles. The highest BCUT2D eigenvalue weighted by Gasteiger charge is 2.41. The first-order valence-corrected chi connectivity index (χ1v) is 12.8. The van der Waals surface area contributed by atoms with Crippen molar-refractivity contribution in [3.63, 3.8) is 0 Å². The van der Waals surface area contributed by atoms with Crippen molar-refractivity contribution >= 4 is 17.1 Å². The highest BCUT2D eigenvalue weighted by Crippen LogP contribution is 2.45. The molecule has 1 unspecified atom stereocenters.